The predicted molar refractivity (Wildman–Crippen MR) is 63.5 cm³/mol. The van der Waals surface area contributed by atoms with Gasteiger partial charge in [0.05, 0.1) is 0 Å². The first-order chi connectivity index (χ1) is 7.56. The lowest BCUT2D eigenvalue weighted by Crippen LogP contribution is -2.09. The molecule has 1 fully saturated rings. The maximum Gasteiger partial charge on any atom is 0.243 e. The molecule has 1 aliphatic carbocycles. The lowest BCUT2D eigenvalue weighted by Gasteiger charge is -2.02. The van der Waals surface area contributed by atoms with Crippen molar-refractivity contribution in [1.82, 2.24) is 14.6 Å². The maximum atomic E-state index is 4.46. The van der Waals surface area contributed by atoms with E-state index in [-0.39, 0.29) is 0 Å². The fourth-order valence-corrected chi connectivity index (χ4v) is 1.97. The van der Waals surface area contributed by atoms with Gasteiger partial charge in [0.25, 0.3) is 0 Å². The molecule has 0 amide bonds. The fourth-order valence-electron chi connectivity index (χ4n) is 1.97. The quantitative estimate of drug-likeness (QED) is 0.837. The zero-order chi connectivity index (χ0) is 11.3. The minimum atomic E-state index is 0.395. The third-order valence-corrected chi connectivity index (χ3v) is 3.37. The Kier molecular flexibility index (Phi) is 1.79. The summed E-state index contributed by atoms with van der Waals surface area (Å²) in [5.41, 5.74) is 2.40. The molecule has 2 aromatic heterocycles. The van der Waals surface area contributed by atoms with Crippen molar-refractivity contribution in [2.24, 2.45) is 5.41 Å². The summed E-state index contributed by atoms with van der Waals surface area (Å²) in [5, 5.41) is 7.83. The van der Waals surface area contributed by atoms with Crippen LogP contribution in [-0.4, -0.2) is 20.6 Å². The van der Waals surface area contributed by atoms with Gasteiger partial charge in [0, 0.05) is 11.7 Å². The summed E-state index contributed by atoms with van der Waals surface area (Å²) in [4.78, 5) is 4.46. The molecule has 0 aromatic carbocycles. The van der Waals surface area contributed by atoms with Gasteiger partial charge in [-0.1, -0.05) is 19.9 Å². The van der Waals surface area contributed by atoms with Crippen molar-refractivity contribution in [2.75, 3.05) is 5.32 Å². The molecule has 1 unspecified atom stereocenters. The van der Waals surface area contributed by atoms with E-state index in [2.05, 4.69) is 29.2 Å². The van der Waals surface area contributed by atoms with Crippen molar-refractivity contribution in [1.29, 1.82) is 0 Å². The Balaban J connectivity index is 1.91. The highest BCUT2D eigenvalue weighted by atomic mass is 15.4. The number of hydrogen-bond donors (Lipinski definition) is 1. The summed E-state index contributed by atoms with van der Waals surface area (Å²) in [6.45, 7) is 6.55. The first-order valence-corrected chi connectivity index (χ1v) is 5.65. The van der Waals surface area contributed by atoms with E-state index >= 15 is 0 Å². The highest BCUT2D eigenvalue weighted by Crippen LogP contribution is 2.46. The van der Waals surface area contributed by atoms with Crippen LogP contribution in [0, 0.1) is 12.3 Å². The molecular weight excluding hydrogens is 200 g/mol. The monoisotopic (exact) mass is 216 g/mol. The van der Waals surface area contributed by atoms with Crippen molar-refractivity contribution in [3.8, 4) is 0 Å². The highest BCUT2D eigenvalue weighted by molar-refractivity contribution is 5.45. The number of nitrogens with one attached hydrogen (secondary N) is 1. The normalized spacial score (nSPS) is 22.3. The zero-order valence-corrected chi connectivity index (χ0v) is 9.86. The van der Waals surface area contributed by atoms with Crippen LogP contribution in [-0.2, 0) is 0 Å². The third-order valence-electron chi connectivity index (χ3n) is 3.37. The van der Waals surface area contributed by atoms with E-state index in [0.717, 1.165) is 17.3 Å². The molecule has 3 rings (SSSR count). The van der Waals surface area contributed by atoms with Gasteiger partial charge in [-0.3, -0.25) is 0 Å². The standard InChI is InChI=1S/C12H16N4/c1-8-5-4-6-10-14-11(15-16(8)10)13-9-7-12(9,2)3/h4-6,9H,7H2,1-3H3,(H,13,15). The number of aryl methyl sites for hydroxylation is 1. The van der Waals surface area contributed by atoms with Gasteiger partial charge in [0.15, 0.2) is 5.65 Å². The topological polar surface area (TPSA) is 42.2 Å². The van der Waals surface area contributed by atoms with Crippen LogP contribution in [0.1, 0.15) is 26.0 Å². The first-order valence-electron chi connectivity index (χ1n) is 5.65. The van der Waals surface area contributed by atoms with Crippen molar-refractivity contribution >= 4 is 11.6 Å². The van der Waals surface area contributed by atoms with Crippen LogP contribution in [0.4, 0.5) is 5.95 Å². The van der Waals surface area contributed by atoms with E-state index in [9.17, 15) is 0 Å². The number of anilines is 1. The van der Waals surface area contributed by atoms with Gasteiger partial charge in [-0.25, -0.2) is 4.52 Å². The summed E-state index contributed by atoms with van der Waals surface area (Å²) in [6.07, 6.45) is 1.20. The van der Waals surface area contributed by atoms with Gasteiger partial charge >= 0.3 is 0 Å². The molecule has 4 nitrogen and oxygen atoms in total. The lowest BCUT2D eigenvalue weighted by molar-refractivity contribution is 0.629. The van der Waals surface area contributed by atoms with E-state index in [0.29, 0.717) is 11.5 Å². The number of aromatic nitrogens is 3. The Morgan fingerprint density at radius 1 is 1.44 bits per heavy atom. The van der Waals surface area contributed by atoms with Gasteiger partial charge in [-0.2, -0.15) is 4.98 Å². The van der Waals surface area contributed by atoms with Gasteiger partial charge < -0.3 is 5.32 Å². The number of rotatable bonds is 2. The third kappa shape index (κ3) is 1.45. The van der Waals surface area contributed by atoms with E-state index < -0.39 is 0 Å². The van der Waals surface area contributed by atoms with E-state index in [1.807, 2.05) is 29.6 Å². The molecule has 0 aliphatic heterocycles. The minimum absolute atomic E-state index is 0.395. The Labute approximate surface area is 94.7 Å². The molecule has 1 atom stereocenters. The van der Waals surface area contributed by atoms with Gasteiger partial charge in [0.1, 0.15) is 0 Å². The Morgan fingerprint density at radius 3 is 2.81 bits per heavy atom. The molecule has 1 N–H and O–H groups in total. The molecule has 2 aromatic rings. The Hall–Kier alpha value is -1.58. The zero-order valence-electron chi connectivity index (χ0n) is 9.86. The second kappa shape index (κ2) is 2.97. The molecule has 0 spiro atoms. The molecule has 2 heterocycles. The second-order valence-corrected chi connectivity index (χ2v) is 5.26. The average Bonchev–Trinajstić information content (AvgIpc) is 2.64. The van der Waals surface area contributed by atoms with Crippen LogP contribution in [0.3, 0.4) is 0 Å². The number of fused-ring (bicyclic) bond motifs is 1. The van der Waals surface area contributed by atoms with Gasteiger partial charge in [-0.05, 0) is 30.9 Å². The molecule has 1 aliphatic rings. The molecule has 0 radical (unpaired) electrons. The average molecular weight is 216 g/mol. The molecule has 84 valence electrons. The maximum absolute atomic E-state index is 4.46. The number of pyridine rings is 1. The highest BCUT2D eigenvalue weighted by Gasteiger charge is 2.46. The largest absolute Gasteiger partial charge is 0.350 e. The Bertz CT molecular complexity index is 541. The van der Waals surface area contributed by atoms with Gasteiger partial charge in [-0.15, -0.1) is 5.10 Å². The minimum Gasteiger partial charge on any atom is -0.350 e. The van der Waals surface area contributed by atoms with Crippen LogP contribution in [0.25, 0.3) is 5.65 Å². The summed E-state index contributed by atoms with van der Waals surface area (Å²) in [6, 6.07) is 6.53. The van der Waals surface area contributed by atoms with Crippen molar-refractivity contribution < 1.29 is 0 Å². The van der Waals surface area contributed by atoms with Crippen LogP contribution in [0.2, 0.25) is 0 Å². The van der Waals surface area contributed by atoms with Crippen LogP contribution in [0.5, 0.6) is 0 Å². The van der Waals surface area contributed by atoms with Crippen LogP contribution < -0.4 is 5.32 Å². The van der Waals surface area contributed by atoms with Crippen molar-refractivity contribution in [3.05, 3.63) is 23.9 Å². The van der Waals surface area contributed by atoms with Crippen molar-refractivity contribution in [2.45, 2.75) is 33.2 Å². The smallest absolute Gasteiger partial charge is 0.243 e. The molecule has 16 heavy (non-hydrogen) atoms. The Morgan fingerprint density at radius 2 is 2.19 bits per heavy atom. The molecular formula is C12H16N4. The van der Waals surface area contributed by atoms with E-state index in [4.69, 9.17) is 0 Å². The summed E-state index contributed by atoms with van der Waals surface area (Å²) < 4.78 is 1.87. The number of nitrogens with zero attached hydrogens (tertiary/aromatic N) is 3. The van der Waals surface area contributed by atoms with Crippen LogP contribution in [0.15, 0.2) is 18.2 Å². The predicted octanol–water partition coefficient (Wildman–Crippen LogP) is 2.25. The SMILES string of the molecule is Cc1cccc2nc(NC3CC3(C)C)nn12. The fraction of sp³-hybridized carbons (Fsp3) is 0.500. The molecule has 0 bridgehead atoms. The van der Waals surface area contributed by atoms with E-state index in [1.54, 1.807) is 0 Å². The van der Waals surface area contributed by atoms with Gasteiger partial charge in [0.2, 0.25) is 5.95 Å². The van der Waals surface area contributed by atoms with Crippen molar-refractivity contribution in [3.63, 3.8) is 0 Å². The lowest BCUT2D eigenvalue weighted by atomic mass is 10.2. The summed E-state index contributed by atoms with van der Waals surface area (Å²) in [7, 11) is 0. The summed E-state index contributed by atoms with van der Waals surface area (Å²) >= 11 is 0. The first kappa shape index (κ1) is 9.63. The number of hydrogen-bond acceptors (Lipinski definition) is 3. The second-order valence-electron chi connectivity index (χ2n) is 5.26. The summed E-state index contributed by atoms with van der Waals surface area (Å²) in [5.74, 6) is 0.741. The molecule has 4 heteroatoms. The van der Waals surface area contributed by atoms with E-state index in [1.165, 1.54) is 6.42 Å². The molecule has 1 saturated carbocycles. The molecule has 0 saturated heterocycles. The van der Waals surface area contributed by atoms with Crippen LogP contribution >= 0.6 is 0 Å².